The van der Waals surface area contributed by atoms with Crippen LogP contribution in [-0.4, -0.2) is 60.3 Å². The topological polar surface area (TPSA) is 91.9 Å². The Hall–Kier alpha value is -4.07. The molecule has 8 nitrogen and oxygen atoms in total. The summed E-state index contributed by atoms with van der Waals surface area (Å²) in [5.74, 6) is -0.0673. The summed E-state index contributed by atoms with van der Waals surface area (Å²) < 4.78 is 11.1. The molecule has 1 aromatic heterocycles. The van der Waals surface area contributed by atoms with Crippen molar-refractivity contribution < 1.29 is 23.9 Å². The minimum Gasteiger partial charge on any atom is -0.493 e. The summed E-state index contributed by atoms with van der Waals surface area (Å²) in [5.41, 5.74) is 2.64. The molecule has 1 unspecified atom stereocenters. The van der Waals surface area contributed by atoms with E-state index in [0.29, 0.717) is 40.4 Å². The fourth-order valence-corrected chi connectivity index (χ4v) is 4.18. The van der Waals surface area contributed by atoms with Gasteiger partial charge in [-0.05, 0) is 42.8 Å². The van der Waals surface area contributed by atoms with E-state index in [2.05, 4.69) is 4.98 Å². The lowest BCUT2D eigenvalue weighted by atomic mass is 10.00. The van der Waals surface area contributed by atoms with Gasteiger partial charge in [0.15, 0.2) is 11.5 Å². The third-order valence-electron chi connectivity index (χ3n) is 5.89. The third kappa shape index (κ3) is 4.03. The second-order valence-corrected chi connectivity index (χ2v) is 8.14. The number of hydrogen-bond acceptors (Lipinski definition) is 5. The summed E-state index contributed by atoms with van der Waals surface area (Å²) in [6, 6.07) is 13.3. The van der Waals surface area contributed by atoms with Crippen LogP contribution in [0.3, 0.4) is 0 Å². The lowest BCUT2D eigenvalue weighted by molar-refractivity contribution is -0.129. The van der Waals surface area contributed by atoms with E-state index in [4.69, 9.17) is 9.47 Å². The van der Waals surface area contributed by atoms with Gasteiger partial charge in [-0.3, -0.25) is 19.3 Å². The molecule has 1 aliphatic rings. The van der Waals surface area contributed by atoms with Gasteiger partial charge in [0.1, 0.15) is 0 Å². The minimum atomic E-state index is -0.816. The molecule has 176 valence electrons. The average Bonchev–Trinajstić information content (AvgIpc) is 3.45. The maximum absolute atomic E-state index is 13.7. The largest absolute Gasteiger partial charge is 0.493 e. The van der Waals surface area contributed by atoms with Crippen LogP contribution in [-0.2, 0) is 4.79 Å². The highest BCUT2D eigenvalue weighted by Gasteiger charge is 2.43. The Morgan fingerprint density at radius 1 is 1.03 bits per heavy atom. The van der Waals surface area contributed by atoms with Gasteiger partial charge in [-0.2, -0.15) is 0 Å². The number of hydrogen-bond donors (Lipinski definition) is 1. The zero-order valence-corrected chi connectivity index (χ0v) is 19.6. The van der Waals surface area contributed by atoms with E-state index >= 15 is 0 Å². The molecule has 1 N–H and O–H groups in total. The van der Waals surface area contributed by atoms with Crippen LogP contribution in [0.25, 0.3) is 11.3 Å². The van der Waals surface area contributed by atoms with E-state index in [-0.39, 0.29) is 12.3 Å². The van der Waals surface area contributed by atoms with Gasteiger partial charge >= 0.3 is 0 Å². The highest BCUT2D eigenvalue weighted by Crippen LogP contribution is 2.40. The number of aromatic nitrogens is 1. The van der Waals surface area contributed by atoms with E-state index in [9.17, 15) is 14.4 Å². The van der Waals surface area contributed by atoms with Gasteiger partial charge in [0, 0.05) is 31.5 Å². The number of methoxy groups -OCH3 is 1. The standard InChI is InChI=1S/C26H27N3O5/c1-5-34-22-14-16(11-12-21(22)33-4)20(15-23(30)28(2)3)29-25(31)18-9-6-8-17(24(18)26(29)32)19-10-7-13-27-19/h6-14,20,27H,5,15H2,1-4H3. The Kier molecular flexibility index (Phi) is 6.40. The normalized spacial score (nSPS) is 13.6. The number of benzene rings is 2. The fourth-order valence-electron chi connectivity index (χ4n) is 4.18. The lowest BCUT2D eigenvalue weighted by Crippen LogP contribution is -2.37. The zero-order valence-electron chi connectivity index (χ0n) is 19.6. The molecular weight excluding hydrogens is 434 g/mol. The van der Waals surface area contributed by atoms with E-state index < -0.39 is 17.9 Å². The van der Waals surface area contributed by atoms with Crippen LogP contribution in [0.4, 0.5) is 0 Å². The van der Waals surface area contributed by atoms with Crippen LogP contribution in [0.15, 0.2) is 54.7 Å². The number of carbonyl (C=O) groups is 3. The number of rotatable bonds is 8. The van der Waals surface area contributed by atoms with E-state index in [0.717, 1.165) is 5.69 Å². The molecule has 0 radical (unpaired) electrons. The van der Waals surface area contributed by atoms with Crippen molar-refractivity contribution >= 4 is 17.7 Å². The Bertz CT molecular complexity index is 1230. The van der Waals surface area contributed by atoms with E-state index in [1.165, 1.54) is 16.9 Å². The Labute approximate surface area is 198 Å². The molecule has 0 bridgehead atoms. The number of ether oxygens (including phenoxy) is 2. The first-order valence-electron chi connectivity index (χ1n) is 11.0. The van der Waals surface area contributed by atoms with Crippen molar-refractivity contribution in [3.63, 3.8) is 0 Å². The van der Waals surface area contributed by atoms with Gasteiger partial charge in [0.05, 0.1) is 37.3 Å². The first-order valence-corrected chi connectivity index (χ1v) is 11.0. The number of aromatic amines is 1. The number of fused-ring (bicyclic) bond motifs is 1. The third-order valence-corrected chi connectivity index (χ3v) is 5.89. The van der Waals surface area contributed by atoms with Crippen molar-refractivity contribution in [2.24, 2.45) is 0 Å². The van der Waals surface area contributed by atoms with Gasteiger partial charge in [0.25, 0.3) is 11.8 Å². The van der Waals surface area contributed by atoms with Crippen LogP contribution in [0, 0.1) is 0 Å². The van der Waals surface area contributed by atoms with Crippen LogP contribution >= 0.6 is 0 Å². The summed E-state index contributed by atoms with van der Waals surface area (Å²) in [4.78, 5) is 45.8. The van der Waals surface area contributed by atoms with Crippen molar-refractivity contribution in [1.29, 1.82) is 0 Å². The molecule has 1 aliphatic heterocycles. The highest BCUT2D eigenvalue weighted by atomic mass is 16.5. The fraction of sp³-hybridized carbons (Fsp3) is 0.269. The molecule has 8 heteroatoms. The quantitative estimate of drug-likeness (QED) is 0.514. The van der Waals surface area contributed by atoms with Crippen molar-refractivity contribution in [3.05, 3.63) is 71.4 Å². The van der Waals surface area contributed by atoms with Crippen LogP contribution in [0.1, 0.15) is 45.7 Å². The van der Waals surface area contributed by atoms with Crippen LogP contribution in [0.2, 0.25) is 0 Å². The smallest absolute Gasteiger partial charge is 0.262 e. The number of amides is 3. The number of imide groups is 1. The number of nitrogens with zero attached hydrogens (tertiary/aromatic N) is 2. The Morgan fingerprint density at radius 3 is 2.44 bits per heavy atom. The summed E-state index contributed by atoms with van der Waals surface area (Å²) in [6.45, 7) is 2.26. The minimum absolute atomic E-state index is 0.0613. The molecule has 4 rings (SSSR count). The summed E-state index contributed by atoms with van der Waals surface area (Å²) >= 11 is 0. The monoisotopic (exact) mass is 461 g/mol. The molecule has 1 atom stereocenters. The molecule has 0 fully saturated rings. The molecule has 0 saturated heterocycles. The Morgan fingerprint density at radius 2 is 1.79 bits per heavy atom. The molecule has 0 aliphatic carbocycles. The van der Waals surface area contributed by atoms with Gasteiger partial charge < -0.3 is 19.4 Å². The SMILES string of the molecule is CCOc1cc(C(CC(=O)N(C)C)N2C(=O)c3cccc(-c4ccc[nH]4)c3C2=O)ccc1OC. The van der Waals surface area contributed by atoms with Gasteiger partial charge in [-0.25, -0.2) is 0 Å². The molecule has 3 aromatic rings. The van der Waals surface area contributed by atoms with Crippen molar-refractivity contribution in [2.75, 3.05) is 27.8 Å². The average molecular weight is 462 g/mol. The van der Waals surface area contributed by atoms with Crippen LogP contribution in [0.5, 0.6) is 11.5 Å². The lowest BCUT2D eigenvalue weighted by Gasteiger charge is -2.28. The molecule has 3 amide bonds. The second-order valence-electron chi connectivity index (χ2n) is 8.14. The molecule has 2 heterocycles. The van der Waals surface area contributed by atoms with Crippen molar-refractivity contribution in [1.82, 2.24) is 14.8 Å². The molecule has 2 aromatic carbocycles. The second kappa shape index (κ2) is 9.43. The molecule has 0 saturated carbocycles. The molecular formula is C26H27N3O5. The predicted molar refractivity (Wildman–Crippen MR) is 127 cm³/mol. The maximum Gasteiger partial charge on any atom is 0.262 e. The summed E-state index contributed by atoms with van der Waals surface area (Å²) in [6.07, 6.45) is 1.70. The number of carbonyl (C=O) groups excluding carboxylic acids is 3. The number of nitrogens with one attached hydrogen (secondary N) is 1. The van der Waals surface area contributed by atoms with Gasteiger partial charge in [-0.1, -0.05) is 18.2 Å². The van der Waals surface area contributed by atoms with Crippen molar-refractivity contribution in [2.45, 2.75) is 19.4 Å². The maximum atomic E-state index is 13.7. The summed E-state index contributed by atoms with van der Waals surface area (Å²) in [7, 11) is 4.83. The van der Waals surface area contributed by atoms with Gasteiger partial charge in [-0.15, -0.1) is 0 Å². The number of H-pyrrole nitrogens is 1. The van der Waals surface area contributed by atoms with Crippen LogP contribution < -0.4 is 9.47 Å². The Balaban J connectivity index is 1.82. The van der Waals surface area contributed by atoms with Gasteiger partial charge in [0.2, 0.25) is 5.91 Å². The first-order chi connectivity index (χ1) is 16.4. The summed E-state index contributed by atoms with van der Waals surface area (Å²) in [5, 5.41) is 0. The predicted octanol–water partition coefficient (Wildman–Crippen LogP) is 3.90. The van der Waals surface area contributed by atoms with E-state index in [1.807, 2.05) is 19.1 Å². The van der Waals surface area contributed by atoms with Crippen molar-refractivity contribution in [3.8, 4) is 22.8 Å². The molecule has 0 spiro atoms. The molecule has 34 heavy (non-hydrogen) atoms. The first kappa shape index (κ1) is 23.1. The zero-order chi connectivity index (χ0) is 24.4. The highest BCUT2D eigenvalue weighted by molar-refractivity contribution is 6.24. The van der Waals surface area contributed by atoms with E-state index in [1.54, 1.807) is 56.7 Å².